The molecule has 0 aliphatic rings. The fraction of sp³-hybridized carbons (Fsp3) is 0.308. The second-order valence-corrected chi connectivity index (χ2v) is 8.47. The first kappa shape index (κ1) is 25.0. The van der Waals surface area contributed by atoms with Gasteiger partial charge in [0.25, 0.3) is 11.1 Å². The van der Waals surface area contributed by atoms with Gasteiger partial charge in [-0.2, -0.15) is 0 Å². The molecule has 0 spiro atoms. The van der Waals surface area contributed by atoms with Crippen molar-refractivity contribution in [1.82, 2.24) is 19.8 Å². The lowest BCUT2D eigenvalue weighted by atomic mass is 10.2. The number of ether oxygens (including phenoxy) is 2. The van der Waals surface area contributed by atoms with Crippen LogP contribution in [-0.2, 0) is 0 Å². The molecule has 0 atom stereocenters. The Hall–Kier alpha value is -3.62. The van der Waals surface area contributed by atoms with Crippen LogP contribution in [0.5, 0.6) is 11.5 Å². The molecule has 1 aromatic heterocycles. The largest absolute Gasteiger partial charge is 0.492 e. The van der Waals surface area contributed by atoms with E-state index in [1.54, 1.807) is 12.2 Å². The predicted molar refractivity (Wildman–Crippen MR) is 135 cm³/mol. The Morgan fingerprint density at radius 1 is 0.706 bits per heavy atom. The van der Waals surface area contributed by atoms with Crippen molar-refractivity contribution in [2.24, 2.45) is 0 Å². The summed E-state index contributed by atoms with van der Waals surface area (Å²) >= 11 is 0. The van der Waals surface area contributed by atoms with Gasteiger partial charge in [-0.15, -0.1) is 0 Å². The van der Waals surface area contributed by atoms with Crippen LogP contribution in [0.3, 0.4) is 0 Å². The molecule has 0 aliphatic carbocycles. The van der Waals surface area contributed by atoms with Crippen molar-refractivity contribution in [3.8, 4) is 11.5 Å². The lowest BCUT2D eigenvalue weighted by molar-refractivity contribution is 0.261. The lowest BCUT2D eigenvalue weighted by Crippen LogP contribution is -2.46. The maximum Gasteiger partial charge on any atom is 0.272 e. The molecule has 1 heterocycles. The number of benzene rings is 2. The van der Waals surface area contributed by atoms with E-state index in [-0.39, 0.29) is 21.8 Å². The number of nitrogens with zero attached hydrogens (tertiary/aromatic N) is 2. The minimum absolute atomic E-state index is 0.174. The van der Waals surface area contributed by atoms with Crippen molar-refractivity contribution >= 4 is 12.2 Å². The van der Waals surface area contributed by atoms with Crippen LogP contribution in [0.25, 0.3) is 12.2 Å². The minimum Gasteiger partial charge on any atom is -0.492 e. The SMILES string of the molecule is CN(C)CCOc1cccc(C=c2[nH]c(=O)c(=Cc3cccc(OCCN(C)C)c3)[nH]c2=O)c1. The first-order valence-corrected chi connectivity index (χ1v) is 11.1. The Morgan fingerprint density at radius 3 is 1.50 bits per heavy atom. The zero-order valence-electron chi connectivity index (χ0n) is 20.1. The van der Waals surface area contributed by atoms with Crippen LogP contribution >= 0.6 is 0 Å². The molecule has 34 heavy (non-hydrogen) atoms. The molecule has 0 amide bonds. The molecule has 2 aromatic carbocycles. The number of hydrogen-bond donors (Lipinski definition) is 2. The highest BCUT2D eigenvalue weighted by Gasteiger charge is 2.01. The van der Waals surface area contributed by atoms with Gasteiger partial charge in [-0.05, 0) is 75.7 Å². The van der Waals surface area contributed by atoms with Gasteiger partial charge >= 0.3 is 0 Å². The summed E-state index contributed by atoms with van der Waals surface area (Å²) in [6.45, 7) is 2.70. The van der Waals surface area contributed by atoms with Gasteiger partial charge in [0.15, 0.2) is 0 Å². The fourth-order valence-electron chi connectivity index (χ4n) is 3.11. The third kappa shape index (κ3) is 7.75. The lowest BCUT2D eigenvalue weighted by Gasteiger charge is -2.11. The van der Waals surface area contributed by atoms with Gasteiger partial charge in [0.2, 0.25) is 0 Å². The van der Waals surface area contributed by atoms with E-state index in [0.717, 1.165) is 24.2 Å². The summed E-state index contributed by atoms with van der Waals surface area (Å²) in [6.07, 6.45) is 3.25. The number of nitrogens with one attached hydrogen (secondary N) is 2. The Bertz CT molecular complexity index is 1220. The molecule has 0 saturated carbocycles. The first-order valence-electron chi connectivity index (χ1n) is 11.1. The Morgan fingerprint density at radius 2 is 1.12 bits per heavy atom. The molecule has 3 rings (SSSR count). The van der Waals surface area contributed by atoms with E-state index in [9.17, 15) is 9.59 Å². The molecule has 3 aromatic rings. The summed E-state index contributed by atoms with van der Waals surface area (Å²) in [5.74, 6) is 1.40. The van der Waals surface area contributed by atoms with E-state index in [2.05, 4.69) is 9.97 Å². The summed E-state index contributed by atoms with van der Waals surface area (Å²) < 4.78 is 11.5. The molecule has 0 bridgehead atoms. The summed E-state index contributed by atoms with van der Waals surface area (Å²) in [7, 11) is 7.92. The summed E-state index contributed by atoms with van der Waals surface area (Å²) in [5, 5.41) is 0.349. The molecule has 0 unspecified atom stereocenters. The monoisotopic (exact) mass is 464 g/mol. The summed E-state index contributed by atoms with van der Waals surface area (Å²) in [6, 6.07) is 14.8. The average Bonchev–Trinajstić information content (AvgIpc) is 2.77. The Kier molecular flexibility index (Phi) is 8.84. The van der Waals surface area contributed by atoms with Crippen LogP contribution in [0.4, 0.5) is 0 Å². The Labute approximate surface area is 198 Å². The number of rotatable bonds is 10. The van der Waals surface area contributed by atoms with Crippen molar-refractivity contribution in [3.63, 3.8) is 0 Å². The third-order valence-corrected chi connectivity index (χ3v) is 4.94. The smallest absolute Gasteiger partial charge is 0.272 e. The van der Waals surface area contributed by atoms with E-state index in [4.69, 9.17) is 9.47 Å². The van der Waals surface area contributed by atoms with Crippen molar-refractivity contribution in [2.75, 3.05) is 54.5 Å². The van der Waals surface area contributed by atoms with Crippen molar-refractivity contribution in [1.29, 1.82) is 0 Å². The Balaban J connectivity index is 1.83. The molecule has 8 heteroatoms. The highest BCUT2D eigenvalue weighted by Crippen LogP contribution is 2.14. The van der Waals surface area contributed by atoms with Gasteiger partial charge in [0, 0.05) is 13.1 Å². The number of H-pyrrole nitrogens is 2. The zero-order chi connectivity index (χ0) is 24.5. The van der Waals surface area contributed by atoms with Gasteiger partial charge in [0.1, 0.15) is 35.4 Å². The van der Waals surface area contributed by atoms with E-state index >= 15 is 0 Å². The molecule has 180 valence electrons. The number of hydrogen-bond acceptors (Lipinski definition) is 6. The van der Waals surface area contributed by atoms with Gasteiger partial charge in [-0.3, -0.25) is 9.59 Å². The van der Waals surface area contributed by atoms with Crippen LogP contribution in [0.2, 0.25) is 0 Å². The maximum absolute atomic E-state index is 12.6. The predicted octanol–water partition coefficient (Wildman–Crippen LogP) is 0.602. The number of likely N-dealkylation sites (N-methyl/N-ethyl adjacent to an activating group) is 2. The van der Waals surface area contributed by atoms with E-state index in [1.165, 1.54) is 0 Å². The highest BCUT2D eigenvalue weighted by molar-refractivity contribution is 5.52. The van der Waals surface area contributed by atoms with E-state index in [0.29, 0.717) is 24.7 Å². The van der Waals surface area contributed by atoms with Crippen LogP contribution in [0, 0.1) is 0 Å². The molecule has 0 radical (unpaired) electrons. The topological polar surface area (TPSA) is 90.7 Å². The molecule has 8 nitrogen and oxygen atoms in total. The van der Waals surface area contributed by atoms with Crippen LogP contribution in [-0.4, -0.2) is 74.3 Å². The first-order chi connectivity index (χ1) is 16.3. The second-order valence-electron chi connectivity index (χ2n) is 8.47. The summed E-state index contributed by atoms with van der Waals surface area (Å²) in [5.41, 5.74) is 0.733. The van der Waals surface area contributed by atoms with E-state index in [1.807, 2.05) is 86.5 Å². The van der Waals surface area contributed by atoms with Crippen LogP contribution in [0.15, 0.2) is 58.1 Å². The minimum atomic E-state index is -0.386. The normalized spacial score (nSPS) is 12.5. The van der Waals surface area contributed by atoms with Crippen LogP contribution in [0.1, 0.15) is 11.1 Å². The third-order valence-electron chi connectivity index (χ3n) is 4.94. The zero-order valence-corrected chi connectivity index (χ0v) is 20.1. The van der Waals surface area contributed by atoms with Crippen LogP contribution < -0.4 is 31.3 Å². The van der Waals surface area contributed by atoms with Crippen molar-refractivity contribution in [3.05, 3.63) is 91.1 Å². The van der Waals surface area contributed by atoms with Gasteiger partial charge in [-0.1, -0.05) is 24.3 Å². The molecule has 2 N–H and O–H groups in total. The van der Waals surface area contributed by atoms with Crippen molar-refractivity contribution in [2.45, 2.75) is 0 Å². The van der Waals surface area contributed by atoms with Gasteiger partial charge < -0.3 is 29.2 Å². The fourth-order valence-corrected chi connectivity index (χ4v) is 3.11. The quantitative estimate of drug-likeness (QED) is 0.457. The number of aromatic nitrogens is 2. The number of aromatic amines is 2. The maximum atomic E-state index is 12.6. The molecule has 0 aliphatic heterocycles. The highest BCUT2D eigenvalue weighted by atomic mass is 16.5. The summed E-state index contributed by atoms with van der Waals surface area (Å²) in [4.78, 5) is 34.7. The van der Waals surface area contributed by atoms with Gasteiger partial charge in [0.05, 0.1) is 0 Å². The molecule has 0 fully saturated rings. The molecular formula is C26H32N4O4. The van der Waals surface area contributed by atoms with Gasteiger partial charge in [-0.25, -0.2) is 0 Å². The standard InChI is InChI=1S/C26H32N4O4/c1-29(2)11-13-33-21-9-5-7-19(15-21)17-23-25(31)28-24(26(32)27-23)18-20-8-6-10-22(16-20)34-14-12-30(3)4/h5-10,15-18H,11-14H2,1-4H3,(H,27,32)(H,28,31). The average molecular weight is 465 g/mol. The molecular weight excluding hydrogens is 432 g/mol. The van der Waals surface area contributed by atoms with E-state index < -0.39 is 0 Å². The van der Waals surface area contributed by atoms with Crippen molar-refractivity contribution < 1.29 is 9.47 Å². The molecule has 0 saturated heterocycles. The second kappa shape index (κ2) is 12.0.